The Bertz CT molecular complexity index is 466. The lowest BCUT2D eigenvalue weighted by Gasteiger charge is -2.00. The Balaban J connectivity index is 0.000000200. The van der Waals surface area contributed by atoms with E-state index in [1.807, 2.05) is 26.0 Å². The smallest absolute Gasteiger partial charge is 0.126 e. The fraction of sp³-hybridized carbons (Fsp3) is 0.250. The molecule has 0 unspecified atom stereocenters. The van der Waals surface area contributed by atoms with E-state index in [9.17, 15) is 4.39 Å². The maximum atomic E-state index is 12.7. The molecule has 4 heteroatoms. The zero-order chi connectivity index (χ0) is 15.4. The van der Waals surface area contributed by atoms with Crippen molar-refractivity contribution in [2.45, 2.75) is 27.7 Å². The third-order valence-corrected chi connectivity index (χ3v) is 4.10. The first-order valence-electron chi connectivity index (χ1n) is 6.07. The Kier molecular flexibility index (Phi) is 6.32. The van der Waals surface area contributed by atoms with E-state index in [1.165, 1.54) is 6.07 Å². The van der Waals surface area contributed by atoms with Crippen molar-refractivity contribution in [1.82, 2.24) is 0 Å². The molecular formula is C16H16Cl3F. The second kappa shape index (κ2) is 7.31. The summed E-state index contributed by atoms with van der Waals surface area (Å²) in [5.41, 5.74) is 3.43. The van der Waals surface area contributed by atoms with Gasteiger partial charge in [-0.3, -0.25) is 0 Å². The maximum absolute atomic E-state index is 12.7. The molecule has 0 radical (unpaired) electrons. The summed E-state index contributed by atoms with van der Waals surface area (Å²) in [6, 6.07) is 6.82. The molecular weight excluding hydrogens is 318 g/mol. The zero-order valence-corrected chi connectivity index (χ0v) is 14.1. The lowest BCUT2D eigenvalue weighted by atomic mass is 10.2. The van der Waals surface area contributed by atoms with Gasteiger partial charge in [-0.2, -0.15) is 0 Å². The summed E-state index contributed by atoms with van der Waals surface area (Å²) in [4.78, 5) is 0. The molecule has 2 aromatic rings. The average Bonchev–Trinajstić information content (AvgIpc) is 2.35. The second-order valence-corrected chi connectivity index (χ2v) is 5.92. The molecule has 2 aromatic carbocycles. The van der Waals surface area contributed by atoms with Gasteiger partial charge in [-0.25, -0.2) is 4.39 Å². The van der Waals surface area contributed by atoms with Crippen LogP contribution in [0.2, 0.25) is 15.1 Å². The van der Waals surface area contributed by atoms with Gasteiger partial charge in [-0.15, -0.1) is 0 Å². The molecule has 0 saturated carbocycles. The van der Waals surface area contributed by atoms with E-state index in [0.717, 1.165) is 26.7 Å². The number of aryl methyl sites for hydroxylation is 4. The van der Waals surface area contributed by atoms with Crippen LogP contribution >= 0.6 is 34.8 Å². The van der Waals surface area contributed by atoms with Gasteiger partial charge in [0.15, 0.2) is 0 Å². The molecule has 0 aliphatic heterocycles. The Morgan fingerprint density at radius 2 is 0.900 bits per heavy atom. The van der Waals surface area contributed by atoms with E-state index in [2.05, 4.69) is 0 Å². The first-order chi connectivity index (χ1) is 9.22. The van der Waals surface area contributed by atoms with Gasteiger partial charge in [-0.05, 0) is 74.2 Å². The van der Waals surface area contributed by atoms with E-state index in [1.54, 1.807) is 19.9 Å². The van der Waals surface area contributed by atoms with Gasteiger partial charge >= 0.3 is 0 Å². The van der Waals surface area contributed by atoms with Crippen molar-refractivity contribution in [3.63, 3.8) is 0 Å². The van der Waals surface area contributed by atoms with E-state index < -0.39 is 0 Å². The quantitative estimate of drug-likeness (QED) is 0.503. The highest BCUT2D eigenvalue weighted by Gasteiger charge is 2.00. The van der Waals surface area contributed by atoms with E-state index in [0.29, 0.717) is 10.6 Å². The van der Waals surface area contributed by atoms with Crippen LogP contribution < -0.4 is 0 Å². The van der Waals surface area contributed by atoms with Crippen molar-refractivity contribution >= 4 is 34.8 Å². The molecule has 0 N–H and O–H groups in total. The van der Waals surface area contributed by atoms with Crippen LogP contribution in [0.5, 0.6) is 0 Å². The Hall–Kier alpha value is -0.760. The summed E-state index contributed by atoms with van der Waals surface area (Å²) in [6.07, 6.45) is 0. The van der Waals surface area contributed by atoms with Crippen LogP contribution in [0.25, 0.3) is 0 Å². The van der Waals surface area contributed by atoms with Gasteiger partial charge in [0.2, 0.25) is 0 Å². The molecule has 0 atom stereocenters. The number of halogens is 4. The summed E-state index contributed by atoms with van der Waals surface area (Å²) < 4.78 is 12.7. The van der Waals surface area contributed by atoms with Crippen molar-refractivity contribution in [3.8, 4) is 0 Å². The fourth-order valence-corrected chi connectivity index (χ4v) is 2.15. The highest BCUT2D eigenvalue weighted by molar-refractivity contribution is 6.34. The maximum Gasteiger partial charge on any atom is 0.126 e. The molecule has 108 valence electrons. The third-order valence-electron chi connectivity index (χ3n) is 2.88. The predicted molar refractivity (Wildman–Crippen MR) is 86.8 cm³/mol. The van der Waals surface area contributed by atoms with Crippen LogP contribution in [0, 0.1) is 33.5 Å². The fourth-order valence-electron chi connectivity index (χ4n) is 1.49. The Morgan fingerprint density at radius 3 is 1.25 bits per heavy atom. The third kappa shape index (κ3) is 4.66. The van der Waals surface area contributed by atoms with Crippen molar-refractivity contribution < 1.29 is 4.39 Å². The first-order valence-corrected chi connectivity index (χ1v) is 7.20. The zero-order valence-electron chi connectivity index (χ0n) is 11.8. The average molecular weight is 334 g/mol. The predicted octanol–water partition coefficient (Wildman–Crippen LogP) is 6.71. The summed E-state index contributed by atoms with van der Waals surface area (Å²) >= 11 is 17.4. The van der Waals surface area contributed by atoms with E-state index >= 15 is 0 Å². The molecule has 0 spiro atoms. The number of benzene rings is 2. The largest absolute Gasteiger partial charge is 0.207 e. The minimum Gasteiger partial charge on any atom is -0.207 e. The molecule has 0 bridgehead atoms. The van der Waals surface area contributed by atoms with Crippen LogP contribution in [0.4, 0.5) is 4.39 Å². The number of hydrogen-bond donors (Lipinski definition) is 0. The highest BCUT2D eigenvalue weighted by Crippen LogP contribution is 2.23. The van der Waals surface area contributed by atoms with Crippen molar-refractivity contribution in [2.75, 3.05) is 0 Å². The minimum absolute atomic E-state index is 0.193. The van der Waals surface area contributed by atoms with Gasteiger partial charge in [0.1, 0.15) is 5.82 Å². The van der Waals surface area contributed by atoms with Gasteiger partial charge in [0.05, 0.1) is 0 Å². The number of hydrogen-bond acceptors (Lipinski definition) is 0. The van der Waals surface area contributed by atoms with Crippen molar-refractivity contribution in [3.05, 3.63) is 67.4 Å². The van der Waals surface area contributed by atoms with Gasteiger partial charge < -0.3 is 0 Å². The molecule has 0 fully saturated rings. The molecule has 0 aliphatic rings. The monoisotopic (exact) mass is 332 g/mol. The van der Waals surface area contributed by atoms with Crippen molar-refractivity contribution in [2.24, 2.45) is 0 Å². The van der Waals surface area contributed by atoms with Crippen LogP contribution in [-0.2, 0) is 0 Å². The molecule has 0 aromatic heterocycles. The summed E-state index contributed by atoms with van der Waals surface area (Å²) in [5.74, 6) is -0.193. The Labute approximate surface area is 134 Å². The van der Waals surface area contributed by atoms with Gasteiger partial charge in [0, 0.05) is 15.1 Å². The molecule has 0 nitrogen and oxygen atoms in total. The summed E-state index contributed by atoms with van der Waals surface area (Å²) in [6.45, 7) is 7.35. The topological polar surface area (TPSA) is 0 Å². The summed E-state index contributed by atoms with van der Waals surface area (Å²) in [5, 5.41) is 2.18. The Morgan fingerprint density at radius 1 is 0.600 bits per heavy atom. The molecule has 20 heavy (non-hydrogen) atoms. The van der Waals surface area contributed by atoms with Crippen LogP contribution in [0.1, 0.15) is 22.3 Å². The highest BCUT2D eigenvalue weighted by atomic mass is 35.5. The molecule has 2 rings (SSSR count). The molecule has 0 aliphatic carbocycles. The summed E-state index contributed by atoms with van der Waals surface area (Å²) in [7, 11) is 0. The van der Waals surface area contributed by atoms with Crippen LogP contribution in [0.15, 0.2) is 24.3 Å². The van der Waals surface area contributed by atoms with E-state index in [-0.39, 0.29) is 5.82 Å². The van der Waals surface area contributed by atoms with Crippen LogP contribution in [-0.4, -0.2) is 0 Å². The molecule has 0 heterocycles. The lowest BCUT2D eigenvalue weighted by Crippen LogP contribution is -1.84. The SMILES string of the molecule is Cc1cc(Cl)c(C)cc1Cl.Cc1cc(Cl)c(C)cc1F. The second-order valence-electron chi connectivity index (χ2n) is 4.70. The number of rotatable bonds is 0. The van der Waals surface area contributed by atoms with Crippen LogP contribution in [0.3, 0.4) is 0 Å². The molecule has 0 saturated heterocycles. The van der Waals surface area contributed by atoms with E-state index in [4.69, 9.17) is 34.8 Å². The normalized spacial score (nSPS) is 10.0. The van der Waals surface area contributed by atoms with Gasteiger partial charge in [-0.1, -0.05) is 34.8 Å². The van der Waals surface area contributed by atoms with Crippen molar-refractivity contribution in [1.29, 1.82) is 0 Å². The standard InChI is InChI=1S/C8H8Cl2.C8H8ClF/c1-5-3-8(10)6(2)4-7(5)9;1-5-4-8(10)6(2)3-7(5)9/h2*3-4H,1-2H3. The van der Waals surface area contributed by atoms with Gasteiger partial charge in [0.25, 0.3) is 0 Å². The minimum atomic E-state index is -0.193. The lowest BCUT2D eigenvalue weighted by molar-refractivity contribution is 0.617. The first kappa shape index (κ1) is 17.3. The molecule has 0 amide bonds.